The van der Waals surface area contributed by atoms with Crippen molar-refractivity contribution >= 4 is 5.97 Å². The van der Waals surface area contributed by atoms with Crippen LogP contribution in [0.5, 0.6) is 0 Å². The van der Waals surface area contributed by atoms with E-state index in [1.165, 1.54) is 12.3 Å². The monoisotopic (exact) mass is 300 g/mol. The van der Waals surface area contributed by atoms with E-state index in [1.54, 1.807) is 0 Å². The van der Waals surface area contributed by atoms with Crippen LogP contribution in [-0.2, 0) is 28.5 Å². The number of ether oxygens (including phenoxy) is 5. The Morgan fingerprint density at radius 1 is 1.10 bits per heavy atom. The molecule has 0 saturated heterocycles. The molecule has 1 rings (SSSR count). The third-order valence-corrected chi connectivity index (χ3v) is 2.54. The van der Waals surface area contributed by atoms with E-state index in [2.05, 4.69) is 6.58 Å². The molecule has 0 fully saturated rings. The lowest BCUT2D eigenvalue weighted by Gasteiger charge is -2.10. The number of esters is 1. The molecule has 0 amide bonds. The topological polar surface area (TPSA) is 63.2 Å². The Labute approximate surface area is 125 Å². The van der Waals surface area contributed by atoms with Gasteiger partial charge in [-0.25, -0.2) is 4.79 Å². The van der Waals surface area contributed by atoms with Gasteiger partial charge in [0.15, 0.2) is 0 Å². The lowest BCUT2D eigenvalue weighted by molar-refractivity contribution is -0.142. The summed E-state index contributed by atoms with van der Waals surface area (Å²) in [4.78, 5) is 11.8. The molecule has 0 radical (unpaired) electrons. The predicted molar refractivity (Wildman–Crippen MR) is 76.6 cm³/mol. The minimum absolute atomic E-state index is 0.0626. The Hall–Kier alpha value is -1.53. The Balaban J connectivity index is 2.45. The number of carbonyl (C=O) groups excluding carboxylic acids is 1. The Kier molecular flexibility index (Phi) is 10.2. The maximum Gasteiger partial charge on any atom is 0.377 e. The highest BCUT2D eigenvalue weighted by Gasteiger charge is 2.13. The van der Waals surface area contributed by atoms with E-state index in [0.29, 0.717) is 46.1 Å². The normalized spacial score (nSPS) is 21.4. The highest BCUT2D eigenvalue weighted by molar-refractivity contribution is 5.85. The Morgan fingerprint density at radius 3 is 2.38 bits per heavy atom. The first-order valence-corrected chi connectivity index (χ1v) is 7.22. The van der Waals surface area contributed by atoms with Crippen molar-refractivity contribution in [3.63, 3.8) is 0 Å². The molecule has 1 aliphatic rings. The number of rotatable bonds is 3. The molecule has 6 nitrogen and oxygen atoms in total. The molecular weight excluding hydrogens is 276 g/mol. The first kappa shape index (κ1) is 17.5. The molecule has 1 heterocycles. The molecule has 6 heteroatoms. The zero-order valence-electron chi connectivity index (χ0n) is 12.4. The van der Waals surface area contributed by atoms with Gasteiger partial charge in [-0.05, 0) is 6.42 Å². The molecule has 0 unspecified atom stereocenters. The third kappa shape index (κ3) is 9.10. The van der Waals surface area contributed by atoms with Gasteiger partial charge in [-0.2, -0.15) is 0 Å². The van der Waals surface area contributed by atoms with E-state index in [1.807, 2.05) is 0 Å². The second-order valence-corrected chi connectivity index (χ2v) is 4.37. The van der Waals surface area contributed by atoms with Gasteiger partial charge >= 0.3 is 5.97 Å². The van der Waals surface area contributed by atoms with Crippen LogP contribution in [0.2, 0.25) is 0 Å². The van der Waals surface area contributed by atoms with Gasteiger partial charge in [0, 0.05) is 39.3 Å². The van der Waals surface area contributed by atoms with E-state index in [0.717, 1.165) is 12.8 Å². The van der Waals surface area contributed by atoms with Crippen LogP contribution >= 0.6 is 0 Å². The van der Waals surface area contributed by atoms with Crippen LogP contribution in [-0.4, -0.2) is 52.2 Å². The van der Waals surface area contributed by atoms with Crippen molar-refractivity contribution in [1.82, 2.24) is 0 Å². The summed E-state index contributed by atoms with van der Waals surface area (Å²) in [6.07, 6.45) is 5.10. The third-order valence-electron chi connectivity index (χ3n) is 2.54. The van der Waals surface area contributed by atoms with E-state index >= 15 is 0 Å². The molecule has 0 aliphatic carbocycles. The van der Waals surface area contributed by atoms with Crippen molar-refractivity contribution in [3.05, 3.63) is 24.7 Å². The van der Waals surface area contributed by atoms with Gasteiger partial charge in [0.05, 0.1) is 13.2 Å². The number of carbonyl (C=O) groups is 1. The van der Waals surface area contributed by atoms with E-state index in [9.17, 15) is 4.79 Å². The minimum Gasteiger partial charge on any atom is -0.497 e. The van der Waals surface area contributed by atoms with Crippen LogP contribution in [0.15, 0.2) is 24.7 Å². The summed E-state index contributed by atoms with van der Waals surface area (Å²) in [5.41, 5.74) is 0. The van der Waals surface area contributed by atoms with E-state index in [-0.39, 0.29) is 12.4 Å². The second-order valence-electron chi connectivity index (χ2n) is 4.37. The molecule has 0 N–H and O–H groups in total. The smallest absolute Gasteiger partial charge is 0.377 e. The number of hydrogen-bond acceptors (Lipinski definition) is 6. The lowest BCUT2D eigenvalue weighted by Crippen LogP contribution is -2.13. The van der Waals surface area contributed by atoms with Crippen molar-refractivity contribution in [3.8, 4) is 0 Å². The van der Waals surface area contributed by atoms with Gasteiger partial charge in [-0.1, -0.05) is 12.7 Å². The Bertz CT molecular complexity index is 326. The van der Waals surface area contributed by atoms with Crippen LogP contribution in [0, 0.1) is 0 Å². The molecule has 0 aromatic rings. The van der Waals surface area contributed by atoms with Crippen molar-refractivity contribution in [2.24, 2.45) is 0 Å². The average Bonchev–Trinajstić information content (AvgIpc) is 2.51. The van der Waals surface area contributed by atoms with Crippen molar-refractivity contribution in [2.45, 2.75) is 19.3 Å². The minimum atomic E-state index is -0.559. The molecular formula is C15H24O6. The fraction of sp³-hybridized carbons (Fsp3) is 0.667. The second kappa shape index (κ2) is 12.2. The van der Waals surface area contributed by atoms with Crippen LogP contribution in [0.4, 0.5) is 0 Å². The van der Waals surface area contributed by atoms with Crippen LogP contribution in [0.3, 0.4) is 0 Å². The fourth-order valence-electron chi connectivity index (χ4n) is 1.54. The summed E-state index contributed by atoms with van der Waals surface area (Å²) in [7, 11) is 0. The fourth-order valence-corrected chi connectivity index (χ4v) is 1.54. The molecule has 0 aromatic heterocycles. The van der Waals surface area contributed by atoms with Gasteiger partial charge in [0.2, 0.25) is 5.76 Å². The SMILES string of the molecule is C=CCOC(=O)/C1=C\OCCCOCCCOCCCO1. The highest BCUT2D eigenvalue weighted by atomic mass is 16.6. The molecule has 0 saturated carbocycles. The molecule has 0 aromatic carbocycles. The number of hydrogen-bond donors (Lipinski definition) is 0. The maximum atomic E-state index is 11.8. The lowest BCUT2D eigenvalue weighted by atomic mass is 10.4. The molecule has 0 spiro atoms. The summed E-state index contributed by atoms with van der Waals surface area (Å²) in [5.74, 6) is -0.496. The molecule has 1 aliphatic heterocycles. The van der Waals surface area contributed by atoms with Crippen LogP contribution < -0.4 is 0 Å². The van der Waals surface area contributed by atoms with Gasteiger partial charge in [0.25, 0.3) is 0 Å². The first-order chi connectivity index (χ1) is 10.3. The summed E-state index contributed by atoms with van der Waals surface area (Å²) in [5, 5.41) is 0. The van der Waals surface area contributed by atoms with Gasteiger partial charge in [0.1, 0.15) is 12.9 Å². The average molecular weight is 300 g/mol. The summed E-state index contributed by atoms with van der Waals surface area (Å²) < 4.78 is 26.5. The molecule has 120 valence electrons. The molecule has 0 bridgehead atoms. The van der Waals surface area contributed by atoms with Crippen molar-refractivity contribution in [2.75, 3.05) is 46.2 Å². The van der Waals surface area contributed by atoms with Crippen molar-refractivity contribution < 1.29 is 28.5 Å². The summed E-state index contributed by atoms with van der Waals surface area (Å²) in [6.45, 7) is 7.00. The maximum absolute atomic E-state index is 11.8. The predicted octanol–water partition coefficient (Wildman–Crippen LogP) is 1.81. The van der Waals surface area contributed by atoms with Gasteiger partial charge in [-0.3, -0.25) is 0 Å². The first-order valence-electron chi connectivity index (χ1n) is 7.22. The standard InChI is InChI=1S/C15H24O6/c1-2-6-21-15(16)14-13-19-11-4-9-17-7-3-8-18-10-5-12-20-14/h2,13H,1,3-12H2/b14-13+. The van der Waals surface area contributed by atoms with Gasteiger partial charge in [-0.15, -0.1) is 0 Å². The van der Waals surface area contributed by atoms with Gasteiger partial charge < -0.3 is 23.7 Å². The van der Waals surface area contributed by atoms with Crippen molar-refractivity contribution in [1.29, 1.82) is 0 Å². The quantitative estimate of drug-likeness (QED) is 0.585. The summed E-state index contributed by atoms with van der Waals surface area (Å²) in [6, 6.07) is 0. The zero-order valence-corrected chi connectivity index (χ0v) is 12.4. The highest BCUT2D eigenvalue weighted by Crippen LogP contribution is 2.04. The largest absolute Gasteiger partial charge is 0.497 e. The molecule has 21 heavy (non-hydrogen) atoms. The Morgan fingerprint density at radius 2 is 1.71 bits per heavy atom. The van der Waals surface area contributed by atoms with Crippen LogP contribution in [0.25, 0.3) is 0 Å². The van der Waals surface area contributed by atoms with E-state index < -0.39 is 5.97 Å². The van der Waals surface area contributed by atoms with Crippen LogP contribution in [0.1, 0.15) is 19.3 Å². The summed E-state index contributed by atoms with van der Waals surface area (Å²) >= 11 is 0. The van der Waals surface area contributed by atoms with E-state index in [4.69, 9.17) is 23.7 Å². The zero-order chi connectivity index (χ0) is 15.2. The molecule has 0 atom stereocenters.